The monoisotopic (exact) mass is 386 g/mol. The summed E-state index contributed by atoms with van der Waals surface area (Å²) < 4.78 is 25.3. The van der Waals surface area contributed by atoms with Crippen LogP contribution in [-0.4, -0.2) is 43.6 Å². The molecule has 2 aliphatic rings. The fourth-order valence-corrected chi connectivity index (χ4v) is 4.66. The zero-order valence-corrected chi connectivity index (χ0v) is 14.8. The van der Waals surface area contributed by atoms with Crippen LogP contribution in [0.15, 0.2) is 48.5 Å². The number of benzene rings is 2. The summed E-state index contributed by atoms with van der Waals surface area (Å²) in [6.07, 6.45) is 0.506. The van der Waals surface area contributed by atoms with Gasteiger partial charge in [-0.2, -0.15) is 0 Å². The minimum absolute atomic E-state index is 0.0335. The standard InChI is InChI=1S/C18H14N2O6S/c21-16-14-7-1-2-8-15(14)17(22)20(16)26-18(23)12-5-3-6-13(11-12)19-9-4-10-27(19,24)25/h1-3,5-8,11H,4,9-10H2. The lowest BCUT2D eigenvalue weighted by molar-refractivity contribution is -0.0584. The largest absolute Gasteiger partial charge is 0.364 e. The van der Waals surface area contributed by atoms with E-state index in [0.717, 1.165) is 0 Å². The Balaban J connectivity index is 1.57. The van der Waals surface area contributed by atoms with E-state index in [9.17, 15) is 22.8 Å². The first-order chi connectivity index (χ1) is 12.9. The molecule has 2 aliphatic heterocycles. The van der Waals surface area contributed by atoms with Crippen LogP contribution in [-0.2, 0) is 14.9 Å². The minimum Gasteiger partial charge on any atom is -0.324 e. The average molecular weight is 386 g/mol. The van der Waals surface area contributed by atoms with Crippen molar-refractivity contribution < 1.29 is 27.6 Å². The van der Waals surface area contributed by atoms with Gasteiger partial charge in [0.25, 0.3) is 11.8 Å². The Hall–Kier alpha value is -3.20. The van der Waals surface area contributed by atoms with Gasteiger partial charge in [0.15, 0.2) is 0 Å². The first kappa shape index (κ1) is 17.2. The molecule has 8 nitrogen and oxygen atoms in total. The number of nitrogens with zero attached hydrogens (tertiary/aromatic N) is 2. The number of fused-ring (bicyclic) bond motifs is 1. The van der Waals surface area contributed by atoms with Crippen molar-refractivity contribution in [3.63, 3.8) is 0 Å². The van der Waals surface area contributed by atoms with Gasteiger partial charge in [0.1, 0.15) is 0 Å². The second kappa shape index (κ2) is 6.20. The Bertz CT molecular complexity index is 1040. The van der Waals surface area contributed by atoms with E-state index in [1.807, 2.05) is 0 Å². The molecule has 0 aromatic heterocycles. The number of sulfonamides is 1. The van der Waals surface area contributed by atoms with Crippen molar-refractivity contribution in [3.05, 3.63) is 65.2 Å². The van der Waals surface area contributed by atoms with E-state index in [0.29, 0.717) is 23.7 Å². The number of carbonyl (C=O) groups is 3. The highest BCUT2D eigenvalue weighted by Gasteiger charge is 2.39. The first-order valence-electron chi connectivity index (χ1n) is 8.19. The molecular weight excluding hydrogens is 372 g/mol. The second-order valence-corrected chi connectivity index (χ2v) is 8.13. The number of imide groups is 1. The van der Waals surface area contributed by atoms with Gasteiger partial charge in [-0.15, -0.1) is 0 Å². The van der Waals surface area contributed by atoms with Gasteiger partial charge in [0, 0.05) is 6.54 Å². The van der Waals surface area contributed by atoms with Gasteiger partial charge in [-0.25, -0.2) is 13.2 Å². The highest BCUT2D eigenvalue weighted by Crippen LogP contribution is 2.26. The van der Waals surface area contributed by atoms with Crippen molar-refractivity contribution in [3.8, 4) is 0 Å². The number of amides is 2. The molecule has 27 heavy (non-hydrogen) atoms. The van der Waals surface area contributed by atoms with E-state index >= 15 is 0 Å². The van der Waals surface area contributed by atoms with Crippen molar-refractivity contribution >= 4 is 33.5 Å². The highest BCUT2D eigenvalue weighted by atomic mass is 32.2. The molecule has 0 atom stereocenters. The van der Waals surface area contributed by atoms with E-state index in [2.05, 4.69) is 0 Å². The lowest BCUT2D eigenvalue weighted by Gasteiger charge is -2.18. The van der Waals surface area contributed by atoms with Crippen LogP contribution in [0.2, 0.25) is 0 Å². The van der Waals surface area contributed by atoms with Gasteiger partial charge in [0.05, 0.1) is 28.1 Å². The van der Waals surface area contributed by atoms with Crippen LogP contribution in [0.1, 0.15) is 37.5 Å². The van der Waals surface area contributed by atoms with Crippen molar-refractivity contribution in [2.75, 3.05) is 16.6 Å². The number of carbonyl (C=O) groups excluding carboxylic acids is 3. The van der Waals surface area contributed by atoms with Gasteiger partial charge in [-0.3, -0.25) is 13.9 Å². The number of rotatable bonds is 3. The molecule has 1 fully saturated rings. The van der Waals surface area contributed by atoms with Crippen molar-refractivity contribution in [1.29, 1.82) is 0 Å². The molecule has 4 rings (SSSR count). The topological polar surface area (TPSA) is 101 Å². The molecule has 2 amide bonds. The maximum atomic E-state index is 12.4. The second-order valence-electron chi connectivity index (χ2n) is 6.12. The molecule has 0 aliphatic carbocycles. The van der Waals surface area contributed by atoms with E-state index in [4.69, 9.17) is 4.84 Å². The van der Waals surface area contributed by atoms with E-state index in [1.54, 1.807) is 18.2 Å². The number of hydroxylamine groups is 2. The van der Waals surface area contributed by atoms with Gasteiger partial charge in [-0.05, 0) is 36.8 Å². The van der Waals surface area contributed by atoms with Gasteiger partial charge < -0.3 is 4.84 Å². The number of hydrogen-bond acceptors (Lipinski definition) is 6. The lowest BCUT2D eigenvalue weighted by Crippen LogP contribution is -2.32. The molecule has 9 heteroatoms. The van der Waals surface area contributed by atoms with Crippen LogP contribution >= 0.6 is 0 Å². The maximum Gasteiger partial charge on any atom is 0.364 e. The molecule has 0 saturated carbocycles. The summed E-state index contributed by atoms with van der Waals surface area (Å²) in [6, 6.07) is 12.0. The quantitative estimate of drug-likeness (QED) is 0.743. The van der Waals surface area contributed by atoms with Crippen LogP contribution in [0.3, 0.4) is 0 Å². The Morgan fingerprint density at radius 3 is 2.22 bits per heavy atom. The predicted octanol–water partition coefficient (Wildman–Crippen LogP) is 1.59. The summed E-state index contributed by atoms with van der Waals surface area (Å²) in [7, 11) is -3.40. The Morgan fingerprint density at radius 1 is 0.963 bits per heavy atom. The number of hydrogen-bond donors (Lipinski definition) is 0. The number of anilines is 1. The molecule has 0 N–H and O–H groups in total. The fourth-order valence-electron chi connectivity index (χ4n) is 3.10. The van der Waals surface area contributed by atoms with Gasteiger partial charge >= 0.3 is 5.97 Å². The zero-order chi connectivity index (χ0) is 19.2. The molecule has 1 saturated heterocycles. The smallest absolute Gasteiger partial charge is 0.324 e. The average Bonchev–Trinajstić information content (AvgIpc) is 3.14. The predicted molar refractivity (Wildman–Crippen MR) is 94.5 cm³/mol. The molecule has 2 aromatic carbocycles. The van der Waals surface area contributed by atoms with E-state index < -0.39 is 27.8 Å². The van der Waals surface area contributed by atoms with Crippen molar-refractivity contribution in [1.82, 2.24) is 5.06 Å². The Kier molecular flexibility index (Phi) is 3.96. The Labute approximate surface area is 154 Å². The van der Waals surface area contributed by atoms with Crippen LogP contribution in [0.25, 0.3) is 0 Å². The van der Waals surface area contributed by atoms with Crippen LogP contribution in [0, 0.1) is 0 Å². The zero-order valence-electron chi connectivity index (χ0n) is 14.0. The molecule has 0 unspecified atom stereocenters. The Morgan fingerprint density at radius 2 is 1.63 bits per heavy atom. The van der Waals surface area contributed by atoms with Crippen LogP contribution in [0.4, 0.5) is 5.69 Å². The normalized spacial score (nSPS) is 17.9. The molecule has 138 valence electrons. The molecular formula is C18H14N2O6S. The summed E-state index contributed by atoms with van der Waals surface area (Å²) in [5, 5.41) is 0.423. The highest BCUT2D eigenvalue weighted by molar-refractivity contribution is 7.93. The van der Waals surface area contributed by atoms with Gasteiger partial charge in [0.2, 0.25) is 10.0 Å². The van der Waals surface area contributed by atoms with Crippen molar-refractivity contribution in [2.45, 2.75) is 6.42 Å². The summed E-state index contributed by atoms with van der Waals surface area (Å²) in [6.45, 7) is 0.333. The summed E-state index contributed by atoms with van der Waals surface area (Å²) in [4.78, 5) is 42.0. The van der Waals surface area contributed by atoms with Crippen LogP contribution < -0.4 is 4.31 Å². The first-order valence-corrected chi connectivity index (χ1v) is 9.80. The van der Waals surface area contributed by atoms with E-state index in [1.165, 1.54) is 34.6 Å². The van der Waals surface area contributed by atoms with E-state index in [-0.39, 0.29) is 22.4 Å². The lowest BCUT2D eigenvalue weighted by atomic mass is 10.1. The third kappa shape index (κ3) is 2.85. The van der Waals surface area contributed by atoms with Crippen molar-refractivity contribution in [2.24, 2.45) is 0 Å². The fraction of sp³-hybridized carbons (Fsp3) is 0.167. The summed E-state index contributed by atoms with van der Waals surface area (Å²) in [5.74, 6) is -2.32. The SMILES string of the molecule is O=C(ON1C(=O)c2ccccc2C1=O)c1cccc(N2CCCS2(=O)=O)c1. The molecule has 0 bridgehead atoms. The molecule has 0 spiro atoms. The molecule has 2 aromatic rings. The van der Waals surface area contributed by atoms with Crippen LogP contribution in [0.5, 0.6) is 0 Å². The summed E-state index contributed by atoms with van der Waals surface area (Å²) in [5.41, 5.74) is 0.690. The third-order valence-electron chi connectivity index (χ3n) is 4.40. The maximum absolute atomic E-state index is 12.4. The van der Waals surface area contributed by atoms with Gasteiger partial charge in [-0.1, -0.05) is 23.3 Å². The third-order valence-corrected chi connectivity index (χ3v) is 6.27. The summed E-state index contributed by atoms with van der Waals surface area (Å²) >= 11 is 0. The molecule has 2 heterocycles. The minimum atomic E-state index is -3.40. The molecule has 0 radical (unpaired) electrons.